The van der Waals surface area contributed by atoms with Gasteiger partial charge in [0.05, 0.1) is 12.8 Å². The van der Waals surface area contributed by atoms with Crippen LogP contribution in [0.2, 0.25) is 0 Å². The second-order valence-electron chi connectivity index (χ2n) is 4.56. The van der Waals surface area contributed by atoms with Crippen LogP contribution in [0.15, 0.2) is 22.8 Å². The minimum atomic E-state index is 0.813. The summed E-state index contributed by atoms with van der Waals surface area (Å²) in [4.78, 5) is 2.48. The molecule has 3 heteroatoms. The number of nitrogens with zero attached hydrogens (tertiary/aromatic N) is 1. The van der Waals surface area contributed by atoms with Gasteiger partial charge in [-0.3, -0.25) is 4.90 Å². The Hall–Kier alpha value is -0.800. The van der Waals surface area contributed by atoms with E-state index in [1.165, 1.54) is 32.2 Å². The van der Waals surface area contributed by atoms with Crippen molar-refractivity contribution in [3.63, 3.8) is 0 Å². The van der Waals surface area contributed by atoms with Gasteiger partial charge >= 0.3 is 0 Å². The van der Waals surface area contributed by atoms with Crippen LogP contribution >= 0.6 is 0 Å². The molecule has 0 fully saturated rings. The molecule has 1 heterocycles. The molecule has 0 atom stereocenters. The Labute approximate surface area is 105 Å². The molecule has 0 spiro atoms. The predicted molar refractivity (Wildman–Crippen MR) is 71.8 cm³/mol. The number of hydrogen-bond donors (Lipinski definition) is 1. The third-order valence-electron chi connectivity index (χ3n) is 2.97. The van der Waals surface area contributed by atoms with E-state index >= 15 is 0 Å². The Balaban J connectivity index is 2.26. The molecule has 0 amide bonds. The molecule has 0 radical (unpaired) electrons. The van der Waals surface area contributed by atoms with E-state index in [0.717, 1.165) is 31.8 Å². The minimum absolute atomic E-state index is 0.813. The van der Waals surface area contributed by atoms with Crippen LogP contribution in [0, 0.1) is 0 Å². The molecule has 17 heavy (non-hydrogen) atoms. The molecule has 1 rings (SSSR count). The largest absolute Gasteiger partial charge is 0.468 e. The summed E-state index contributed by atoms with van der Waals surface area (Å²) in [7, 11) is 0. The van der Waals surface area contributed by atoms with Crippen LogP contribution in [0.25, 0.3) is 0 Å². The van der Waals surface area contributed by atoms with Crippen molar-refractivity contribution in [1.82, 2.24) is 4.90 Å². The van der Waals surface area contributed by atoms with Gasteiger partial charge < -0.3 is 10.2 Å². The summed E-state index contributed by atoms with van der Waals surface area (Å²) in [6.07, 6.45) is 7.87. The normalized spacial score (nSPS) is 11.2. The topological polar surface area (TPSA) is 42.4 Å². The van der Waals surface area contributed by atoms with Crippen LogP contribution in [0.3, 0.4) is 0 Å². The first kappa shape index (κ1) is 14.3. The third-order valence-corrected chi connectivity index (χ3v) is 2.97. The maximum atomic E-state index is 5.51. The maximum Gasteiger partial charge on any atom is 0.117 e. The van der Waals surface area contributed by atoms with Crippen molar-refractivity contribution in [2.75, 3.05) is 19.6 Å². The van der Waals surface area contributed by atoms with Gasteiger partial charge in [0.25, 0.3) is 0 Å². The quantitative estimate of drug-likeness (QED) is 0.637. The van der Waals surface area contributed by atoms with E-state index < -0.39 is 0 Å². The van der Waals surface area contributed by atoms with E-state index in [1.54, 1.807) is 6.26 Å². The van der Waals surface area contributed by atoms with E-state index in [1.807, 2.05) is 6.07 Å². The first-order chi connectivity index (χ1) is 8.36. The van der Waals surface area contributed by atoms with Crippen LogP contribution < -0.4 is 5.73 Å². The lowest BCUT2D eigenvalue weighted by Crippen LogP contribution is -2.25. The van der Waals surface area contributed by atoms with Crippen molar-refractivity contribution in [3.8, 4) is 0 Å². The fraction of sp³-hybridized carbons (Fsp3) is 0.714. The van der Waals surface area contributed by atoms with Crippen LogP contribution in [-0.2, 0) is 6.54 Å². The van der Waals surface area contributed by atoms with Gasteiger partial charge in [-0.1, -0.05) is 19.8 Å². The Morgan fingerprint density at radius 1 is 1.18 bits per heavy atom. The van der Waals surface area contributed by atoms with Crippen molar-refractivity contribution >= 4 is 0 Å². The summed E-state index contributed by atoms with van der Waals surface area (Å²) >= 11 is 0. The second kappa shape index (κ2) is 9.25. The zero-order valence-electron chi connectivity index (χ0n) is 11.0. The van der Waals surface area contributed by atoms with Crippen LogP contribution in [0.1, 0.15) is 44.8 Å². The van der Waals surface area contributed by atoms with Crippen molar-refractivity contribution in [2.24, 2.45) is 5.73 Å². The van der Waals surface area contributed by atoms with E-state index in [9.17, 15) is 0 Å². The Kier molecular flexibility index (Phi) is 7.76. The molecule has 0 saturated heterocycles. The first-order valence-electron chi connectivity index (χ1n) is 6.81. The fourth-order valence-corrected chi connectivity index (χ4v) is 1.93. The summed E-state index contributed by atoms with van der Waals surface area (Å²) in [5, 5.41) is 0. The monoisotopic (exact) mass is 238 g/mol. The van der Waals surface area contributed by atoms with Gasteiger partial charge in [-0.15, -0.1) is 0 Å². The van der Waals surface area contributed by atoms with Crippen LogP contribution in [-0.4, -0.2) is 24.5 Å². The summed E-state index contributed by atoms with van der Waals surface area (Å²) in [6, 6.07) is 4.01. The Morgan fingerprint density at radius 3 is 2.65 bits per heavy atom. The van der Waals surface area contributed by atoms with Gasteiger partial charge in [0, 0.05) is 0 Å². The second-order valence-corrected chi connectivity index (χ2v) is 4.56. The summed E-state index contributed by atoms with van der Waals surface area (Å²) in [5.41, 5.74) is 5.51. The highest BCUT2D eigenvalue weighted by Gasteiger charge is 2.06. The van der Waals surface area contributed by atoms with E-state index in [-0.39, 0.29) is 0 Å². The molecule has 0 aliphatic carbocycles. The standard InChI is InChI=1S/C14H26N2O/c1-2-3-10-16(11-6-4-5-9-15)13-14-8-7-12-17-14/h7-8,12H,2-6,9-11,13,15H2,1H3. The molecule has 3 nitrogen and oxygen atoms in total. The summed E-state index contributed by atoms with van der Waals surface area (Å²) in [6.45, 7) is 6.31. The molecule has 0 aliphatic rings. The highest BCUT2D eigenvalue weighted by atomic mass is 16.3. The van der Waals surface area contributed by atoms with Crippen molar-refractivity contribution in [1.29, 1.82) is 0 Å². The van der Waals surface area contributed by atoms with Gasteiger partial charge in [-0.2, -0.15) is 0 Å². The number of unbranched alkanes of at least 4 members (excludes halogenated alkanes) is 3. The number of furan rings is 1. The molecule has 0 aliphatic heterocycles. The lowest BCUT2D eigenvalue weighted by Gasteiger charge is -2.20. The first-order valence-corrected chi connectivity index (χ1v) is 6.81. The Bertz CT molecular complexity index is 259. The number of nitrogens with two attached hydrogens (primary N) is 1. The summed E-state index contributed by atoms with van der Waals surface area (Å²) in [5.74, 6) is 1.07. The molecule has 0 aromatic carbocycles. The van der Waals surface area contributed by atoms with Gasteiger partial charge in [0.1, 0.15) is 5.76 Å². The lowest BCUT2D eigenvalue weighted by molar-refractivity contribution is 0.235. The molecule has 1 aromatic heterocycles. The SMILES string of the molecule is CCCCN(CCCCCN)Cc1ccco1. The zero-order chi connectivity index (χ0) is 12.3. The van der Waals surface area contributed by atoms with E-state index in [4.69, 9.17) is 10.2 Å². The summed E-state index contributed by atoms with van der Waals surface area (Å²) < 4.78 is 5.41. The predicted octanol–water partition coefficient (Wildman–Crippen LogP) is 3.01. The lowest BCUT2D eigenvalue weighted by atomic mass is 10.2. The van der Waals surface area contributed by atoms with E-state index in [0.29, 0.717) is 0 Å². The van der Waals surface area contributed by atoms with Gasteiger partial charge in [-0.25, -0.2) is 0 Å². The van der Waals surface area contributed by atoms with Gasteiger partial charge in [-0.05, 0) is 51.0 Å². The molecular formula is C14H26N2O. The number of rotatable bonds is 10. The molecule has 0 unspecified atom stereocenters. The van der Waals surface area contributed by atoms with Crippen molar-refractivity contribution in [2.45, 2.75) is 45.6 Å². The smallest absolute Gasteiger partial charge is 0.117 e. The van der Waals surface area contributed by atoms with Gasteiger partial charge in [0.2, 0.25) is 0 Å². The van der Waals surface area contributed by atoms with Crippen molar-refractivity contribution < 1.29 is 4.42 Å². The Morgan fingerprint density at radius 2 is 2.00 bits per heavy atom. The molecule has 0 saturated carbocycles. The zero-order valence-corrected chi connectivity index (χ0v) is 11.0. The van der Waals surface area contributed by atoms with Crippen molar-refractivity contribution in [3.05, 3.63) is 24.2 Å². The fourth-order valence-electron chi connectivity index (χ4n) is 1.93. The van der Waals surface area contributed by atoms with E-state index in [2.05, 4.69) is 17.9 Å². The highest BCUT2D eigenvalue weighted by Crippen LogP contribution is 2.08. The molecule has 0 bridgehead atoms. The van der Waals surface area contributed by atoms with Gasteiger partial charge in [0.15, 0.2) is 0 Å². The van der Waals surface area contributed by atoms with Crippen LogP contribution in [0.5, 0.6) is 0 Å². The average Bonchev–Trinajstić information content (AvgIpc) is 2.84. The third kappa shape index (κ3) is 6.49. The highest BCUT2D eigenvalue weighted by molar-refractivity contribution is 4.97. The average molecular weight is 238 g/mol. The minimum Gasteiger partial charge on any atom is -0.468 e. The van der Waals surface area contributed by atoms with Crippen LogP contribution in [0.4, 0.5) is 0 Å². The molecular weight excluding hydrogens is 212 g/mol. The maximum absolute atomic E-state index is 5.51. The molecule has 98 valence electrons. The number of hydrogen-bond acceptors (Lipinski definition) is 3. The molecule has 1 aromatic rings. The molecule has 2 N–H and O–H groups in total.